The van der Waals surface area contributed by atoms with Crippen molar-refractivity contribution in [3.63, 3.8) is 0 Å². The highest BCUT2D eigenvalue weighted by Gasteiger charge is 2.38. The Hall–Kier alpha value is -4.38. The summed E-state index contributed by atoms with van der Waals surface area (Å²) >= 11 is 0. The molecule has 1 N–H and O–H groups in total. The SMILES string of the molecule is CCN(CC1CCC(/C=C/C(=O)O)CC1)c1ncc(C(F)(F)F)cc1CN(Cc1cc(C(F)(F)F)cc(C(F)(F)F)c1)c1nnn(C)n1. The standard InChI is InChI=1S/C30H32F9N7O2/c1-3-45(15-19-6-4-18(5-7-19)8-9-25(47)48)26-21(12-24(14-40-26)30(37,38)39)17-46(27-41-43-44(2)42-27)16-20-10-22(28(31,32)33)13-23(11-20)29(34,35)36/h8-14,18-19H,3-7,15-17H2,1-2H3,(H,47,48)/b9-8+. The van der Waals surface area contributed by atoms with E-state index in [0.29, 0.717) is 57.1 Å². The summed E-state index contributed by atoms with van der Waals surface area (Å²) in [5.74, 6) is -0.973. The summed E-state index contributed by atoms with van der Waals surface area (Å²) in [6.45, 7) is 1.36. The summed E-state index contributed by atoms with van der Waals surface area (Å²) < 4.78 is 123. The number of allylic oxidation sites excluding steroid dienone is 1. The van der Waals surface area contributed by atoms with E-state index in [4.69, 9.17) is 5.11 Å². The smallest absolute Gasteiger partial charge is 0.417 e. The Morgan fingerprint density at radius 2 is 1.50 bits per heavy atom. The first-order chi connectivity index (χ1) is 22.3. The van der Waals surface area contributed by atoms with Crippen LogP contribution in [-0.2, 0) is 43.5 Å². The Kier molecular flexibility index (Phi) is 10.9. The Morgan fingerprint density at radius 3 is 2.00 bits per heavy atom. The lowest BCUT2D eigenvalue weighted by Gasteiger charge is -2.33. The van der Waals surface area contributed by atoms with Gasteiger partial charge in [-0.3, -0.25) is 0 Å². The zero-order valence-corrected chi connectivity index (χ0v) is 25.7. The molecule has 3 aromatic rings. The minimum Gasteiger partial charge on any atom is -0.478 e. The van der Waals surface area contributed by atoms with E-state index in [2.05, 4.69) is 20.4 Å². The average molecular weight is 694 g/mol. The van der Waals surface area contributed by atoms with Crippen LogP contribution < -0.4 is 9.80 Å². The quantitative estimate of drug-likeness (QED) is 0.167. The van der Waals surface area contributed by atoms with Crippen molar-refractivity contribution in [1.29, 1.82) is 0 Å². The van der Waals surface area contributed by atoms with Crippen LogP contribution in [0.3, 0.4) is 0 Å². The molecule has 2 heterocycles. The summed E-state index contributed by atoms with van der Waals surface area (Å²) in [4.78, 5) is 18.9. The summed E-state index contributed by atoms with van der Waals surface area (Å²) in [5, 5.41) is 20.4. The number of tetrazole rings is 1. The fourth-order valence-electron chi connectivity index (χ4n) is 5.65. The van der Waals surface area contributed by atoms with Crippen LogP contribution in [0, 0.1) is 11.8 Å². The van der Waals surface area contributed by atoms with Gasteiger partial charge in [-0.25, -0.2) is 9.78 Å². The topological polar surface area (TPSA) is 100 Å². The van der Waals surface area contributed by atoms with Crippen LogP contribution in [-0.4, -0.2) is 49.4 Å². The van der Waals surface area contributed by atoms with Gasteiger partial charge in [0.2, 0.25) is 0 Å². The number of carboxylic acid groups (broad SMARTS) is 1. The van der Waals surface area contributed by atoms with Gasteiger partial charge in [0.1, 0.15) is 5.82 Å². The molecule has 2 aromatic heterocycles. The van der Waals surface area contributed by atoms with E-state index in [0.717, 1.165) is 21.8 Å². The Labute approximate surface area is 269 Å². The third kappa shape index (κ3) is 9.59. The molecule has 1 aliphatic carbocycles. The van der Waals surface area contributed by atoms with Crippen molar-refractivity contribution < 1.29 is 49.4 Å². The van der Waals surface area contributed by atoms with Crippen LogP contribution in [0.4, 0.5) is 51.3 Å². The number of aromatic nitrogens is 5. The fraction of sp³-hybridized carbons (Fsp3) is 0.500. The highest BCUT2D eigenvalue weighted by atomic mass is 19.4. The van der Waals surface area contributed by atoms with Gasteiger partial charge in [0.25, 0.3) is 5.95 Å². The third-order valence-electron chi connectivity index (χ3n) is 8.00. The van der Waals surface area contributed by atoms with Crippen molar-refractivity contribution in [3.05, 3.63) is 70.4 Å². The zero-order valence-electron chi connectivity index (χ0n) is 25.7. The molecule has 1 saturated carbocycles. The lowest BCUT2D eigenvalue weighted by molar-refractivity contribution is -0.143. The molecule has 0 unspecified atom stereocenters. The fourth-order valence-corrected chi connectivity index (χ4v) is 5.65. The lowest BCUT2D eigenvalue weighted by atomic mass is 9.81. The number of anilines is 2. The molecule has 0 aliphatic heterocycles. The van der Waals surface area contributed by atoms with Gasteiger partial charge >= 0.3 is 24.5 Å². The molecular weight excluding hydrogens is 661 g/mol. The molecule has 0 saturated heterocycles. The first-order valence-corrected chi connectivity index (χ1v) is 14.8. The van der Waals surface area contributed by atoms with Crippen LogP contribution >= 0.6 is 0 Å². The largest absolute Gasteiger partial charge is 0.478 e. The number of carbonyl (C=O) groups is 1. The molecule has 0 amide bonds. The minimum absolute atomic E-state index is 0.0137. The van der Waals surface area contributed by atoms with Crippen LogP contribution in [0.2, 0.25) is 0 Å². The van der Waals surface area contributed by atoms with Crippen molar-refractivity contribution in [3.8, 4) is 0 Å². The zero-order chi connectivity index (χ0) is 35.4. The highest BCUT2D eigenvalue weighted by Crippen LogP contribution is 2.38. The number of benzene rings is 1. The van der Waals surface area contributed by atoms with E-state index in [1.807, 2.05) is 0 Å². The second-order valence-electron chi connectivity index (χ2n) is 11.6. The first-order valence-electron chi connectivity index (χ1n) is 14.8. The monoisotopic (exact) mass is 693 g/mol. The van der Waals surface area contributed by atoms with Crippen LogP contribution in [0.5, 0.6) is 0 Å². The van der Waals surface area contributed by atoms with E-state index < -0.39 is 59.8 Å². The Bertz CT molecular complexity index is 1560. The Morgan fingerprint density at radius 1 is 0.896 bits per heavy atom. The predicted molar refractivity (Wildman–Crippen MR) is 154 cm³/mol. The molecule has 0 atom stereocenters. The molecular formula is C30H32F9N7O2. The molecule has 4 rings (SSSR count). The van der Waals surface area contributed by atoms with E-state index in [9.17, 15) is 44.3 Å². The minimum atomic E-state index is -5.11. The number of hydrogen-bond donors (Lipinski definition) is 1. The van der Waals surface area contributed by atoms with Crippen molar-refractivity contribution in [2.75, 3.05) is 22.9 Å². The van der Waals surface area contributed by atoms with Gasteiger partial charge in [0, 0.05) is 44.0 Å². The molecule has 9 nitrogen and oxygen atoms in total. The molecule has 262 valence electrons. The third-order valence-corrected chi connectivity index (χ3v) is 8.00. The summed E-state index contributed by atoms with van der Waals surface area (Å²) in [5.41, 5.74) is -4.65. The van der Waals surface area contributed by atoms with E-state index in [1.54, 1.807) is 17.9 Å². The maximum Gasteiger partial charge on any atom is 0.417 e. The van der Waals surface area contributed by atoms with Gasteiger partial charge in [0.15, 0.2) is 0 Å². The number of aryl methyl sites for hydroxylation is 1. The van der Waals surface area contributed by atoms with Crippen molar-refractivity contribution in [2.45, 2.75) is 64.2 Å². The number of aliphatic carboxylic acids is 1. The van der Waals surface area contributed by atoms with Crippen molar-refractivity contribution in [2.24, 2.45) is 18.9 Å². The van der Waals surface area contributed by atoms with Crippen LogP contribution in [0.1, 0.15) is 60.4 Å². The van der Waals surface area contributed by atoms with Gasteiger partial charge < -0.3 is 14.9 Å². The van der Waals surface area contributed by atoms with Gasteiger partial charge in [-0.05, 0) is 79.5 Å². The van der Waals surface area contributed by atoms with Crippen LogP contribution in [0.25, 0.3) is 0 Å². The van der Waals surface area contributed by atoms with Gasteiger partial charge in [0.05, 0.1) is 23.7 Å². The maximum atomic E-state index is 13.9. The summed E-state index contributed by atoms with van der Waals surface area (Å²) in [6.07, 6.45) is -8.77. The lowest BCUT2D eigenvalue weighted by Crippen LogP contribution is -2.34. The molecule has 0 spiro atoms. The van der Waals surface area contributed by atoms with Gasteiger partial charge in [-0.1, -0.05) is 11.2 Å². The number of hydrogen-bond acceptors (Lipinski definition) is 7. The van der Waals surface area contributed by atoms with Crippen LogP contribution in [0.15, 0.2) is 42.6 Å². The van der Waals surface area contributed by atoms with Gasteiger partial charge in [-0.15, -0.1) is 5.10 Å². The maximum absolute atomic E-state index is 13.9. The highest BCUT2D eigenvalue weighted by molar-refractivity contribution is 5.79. The second kappa shape index (κ2) is 14.4. The molecule has 0 radical (unpaired) electrons. The molecule has 48 heavy (non-hydrogen) atoms. The number of pyridine rings is 1. The van der Waals surface area contributed by atoms with E-state index in [-0.39, 0.29) is 35.2 Å². The second-order valence-corrected chi connectivity index (χ2v) is 11.6. The van der Waals surface area contributed by atoms with E-state index in [1.165, 1.54) is 7.05 Å². The predicted octanol–water partition coefficient (Wildman–Crippen LogP) is 7.14. The molecule has 1 aromatic carbocycles. The summed E-state index contributed by atoms with van der Waals surface area (Å²) in [6, 6.07) is 1.89. The average Bonchev–Trinajstić information content (AvgIpc) is 3.43. The number of nitrogens with zero attached hydrogens (tertiary/aromatic N) is 7. The number of rotatable bonds is 11. The van der Waals surface area contributed by atoms with Crippen molar-refractivity contribution in [1.82, 2.24) is 25.2 Å². The normalized spacial score (nSPS) is 17.6. The number of alkyl halides is 9. The number of halogens is 9. The Balaban J connectivity index is 1.71. The first kappa shape index (κ1) is 36.5. The molecule has 1 fully saturated rings. The summed E-state index contributed by atoms with van der Waals surface area (Å²) in [7, 11) is 1.36. The molecule has 0 bridgehead atoms. The molecule has 1 aliphatic rings. The number of carboxylic acids is 1. The van der Waals surface area contributed by atoms with Crippen molar-refractivity contribution >= 4 is 17.7 Å². The van der Waals surface area contributed by atoms with E-state index >= 15 is 0 Å². The van der Waals surface area contributed by atoms with Gasteiger partial charge in [-0.2, -0.15) is 44.3 Å². The molecule has 18 heteroatoms.